The molecule has 0 saturated carbocycles. The maximum Gasteiger partial charge on any atom is 0.411 e. The number of piperidine rings is 3. The van der Waals surface area contributed by atoms with Crippen LogP contribution in [0.4, 0.5) is 10.5 Å². The smallest absolute Gasteiger partial charge is 0.411 e. The van der Waals surface area contributed by atoms with Gasteiger partial charge in [0.05, 0.1) is 13.4 Å². The fraction of sp³-hybridized carbons (Fsp3) is 0.417. The zero-order valence-electron chi connectivity index (χ0n) is 18.4. The van der Waals surface area contributed by atoms with Gasteiger partial charge >= 0.3 is 6.09 Å². The Bertz CT molecular complexity index is 1060. The number of furan rings is 1. The Hall–Kier alpha value is -3.26. The predicted octanol–water partition coefficient (Wildman–Crippen LogP) is 4.12. The van der Waals surface area contributed by atoms with Gasteiger partial charge in [0.2, 0.25) is 0 Å². The number of amides is 1. The minimum absolute atomic E-state index is 0.254. The molecule has 3 fully saturated rings. The van der Waals surface area contributed by atoms with Crippen LogP contribution in [0.3, 0.4) is 0 Å². The van der Waals surface area contributed by atoms with E-state index in [1.54, 1.807) is 37.6 Å². The highest BCUT2D eigenvalue weighted by Crippen LogP contribution is 2.42. The molecule has 8 nitrogen and oxygen atoms in total. The van der Waals surface area contributed by atoms with Crippen LogP contribution >= 0.6 is 0 Å². The summed E-state index contributed by atoms with van der Waals surface area (Å²) >= 11 is 0. The number of hydrogen-bond acceptors (Lipinski definition) is 6. The van der Waals surface area contributed by atoms with Crippen molar-refractivity contribution in [2.75, 3.05) is 32.1 Å². The molecule has 0 aliphatic carbocycles. The largest absolute Gasteiger partial charge is 0.497 e. The summed E-state index contributed by atoms with van der Waals surface area (Å²) in [5, 5.41) is 7.44. The summed E-state index contributed by atoms with van der Waals surface area (Å²) in [5.41, 5.74) is 2.80. The summed E-state index contributed by atoms with van der Waals surface area (Å²) in [4.78, 5) is 14.7. The normalized spacial score (nSPS) is 24.3. The van der Waals surface area contributed by atoms with Crippen molar-refractivity contribution in [1.29, 1.82) is 0 Å². The van der Waals surface area contributed by atoms with Gasteiger partial charge in [0.1, 0.15) is 18.1 Å². The van der Waals surface area contributed by atoms with Crippen LogP contribution in [0.25, 0.3) is 11.5 Å². The number of nitrogens with zero attached hydrogens (tertiary/aromatic N) is 3. The molecule has 1 amide bonds. The molecule has 1 N–H and O–H groups in total. The van der Waals surface area contributed by atoms with Crippen LogP contribution in [0.2, 0.25) is 0 Å². The van der Waals surface area contributed by atoms with Gasteiger partial charge in [-0.15, -0.1) is 0 Å². The van der Waals surface area contributed by atoms with Crippen LogP contribution < -0.4 is 10.1 Å². The molecule has 168 valence electrons. The van der Waals surface area contributed by atoms with Gasteiger partial charge in [-0.1, -0.05) is 0 Å². The van der Waals surface area contributed by atoms with E-state index in [1.807, 2.05) is 23.9 Å². The van der Waals surface area contributed by atoms with E-state index in [0.29, 0.717) is 24.1 Å². The van der Waals surface area contributed by atoms with Crippen LogP contribution in [0.5, 0.6) is 5.75 Å². The van der Waals surface area contributed by atoms with Gasteiger partial charge in [-0.05, 0) is 67.8 Å². The van der Waals surface area contributed by atoms with Crippen molar-refractivity contribution in [3.8, 4) is 17.2 Å². The molecule has 3 saturated heterocycles. The average Bonchev–Trinajstić information content (AvgIpc) is 3.48. The van der Waals surface area contributed by atoms with Gasteiger partial charge in [-0.2, -0.15) is 5.10 Å². The van der Waals surface area contributed by atoms with E-state index in [9.17, 15) is 4.79 Å². The first kappa shape index (κ1) is 20.6. The van der Waals surface area contributed by atoms with Crippen molar-refractivity contribution >= 4 is 11.8 Å². The number of nitrogens with one attached hydrogen (secondary N) is 1. The maximum atomic E-state index is 12.3. The molecule has 6 rings (SSSR count). The second-order valence-electron chi connectivity index (χ2n) is 8.55. The monoisotopic (exact) mass is 436 g/mol. The quantitative estimate of drug-likeness (QED) is 0.626. The molecule has 0 radical (unpaired) electrons. The highest BCUT2D eigenvalue weighted by molar-refractivity contribution is 5.84. The Balaban J connectivity index is 1.18. The number of rotatable bonds is 6. The summed E-state index contributed by atoms with van der Waals surface area (Å²) in [7, 11) is 3.62. The number of hydrogen-bond donors (Lipinski definition) is 1. The van der Waals surface area contributed by atoms with Crippen molar-refractivity contribution in [2.45, 2.75) is 24.8 Å². The fourth-order valence-corrected chi connectivity index (χ4v) is 5.02. The zero-order valence-corrected chi connectivity index (χ0v) is 18.4. The number of benzene rings is 1. The van der Waals surface area contributed by atoms with E-state index in [0.717, 1.165) is 43.1 Å². The van der Waals surface area contributed by atoms with Crippen LogP contribution in [0.15, 0.2) is 53.1 Å². The Morgan fingerprint density at radius 2 is 2.12 bits per heavy atom. The molecule has 32 heavy (non-hydrogen) atoms. The molecule has 3 aliphatic rings. The van der Waals surface area contributed by atoms with Crippen molar-refractivity contribution in [2.24, 2.45) is 13.0 Å². The highest BCUT2D eigenvalue weighted by atomic mass is 16.5. The lowest BCUT2D eigenvalue weighted by Gasteiger charge is -2.49. The lowest BCUT2D eigenvalue weighted by atomic mass is 9.74. The third-order valence-corrected chi connectivity index (χ3v) is 6.69. The molecule has 5 heterocycles. The number of fused-ring (bicyclic) bond motifs is 3. The minimum atomic E-state index is -0.427. The first-order valence-corrected chi connectivity index (χ1v) is 11.0. The summed E-state index contributed by atoms with van der Waals surface area (Å²) in [6, 6.07) is 13.4. The predicted molar refractivity (Wildman–Crippen MR) is 120 cm³/mol. The van der Waals surface area contributed by atoms with Crippen molar-refractivity contribution < 1.29 is 18.7 Å². The molecule has 4 atom stereocenters. The van der Waals surface area contributed by atoms with E-state index in [4.69, 9.17) is 13.9 Å². The zero-order chi connectivity index (χ0) is 22.1. The Labute approximate surface area is 187 Å². The van der Waals surface area contributed by atoms with Crippen LogP contribution in [-0.4, -0.2) is 53.6 Å². The van der Waals surface area contributed by atoms with Gasteiger partial charge in [-0.3, -0.25) is 14.9 Å². The third kappa shape index (κ3) is 4.10. The van der Waals surface area contributed by atoms with Gasteiger partial charge in [0.15, 0.2) is 5.76 Å². The summed E-state index contributed by atoms with van der Waals surface area (Å²) in [6.45, 7) is 2.39. The number of aryl methyl sites for hydroxylation is 1. The second kappa shape index (κ2) is 8.70. The third-order valence-electron chi connectivity index (χ3n) is 6.69. The second-order valence-corrected chi connectivity index (χ2v) is 8.55. The lowest BCUT2D eigenvalue weighted by Crippen LogP contribution is -2.54. The number of methoxy groups -OCH3 is 1. The summed E-state index contributed by atoms with van der Waals surface area (Å²) in [6.07, 6.45) is 3.42. The molecule has 1 aromatic carbocycles. The first-order chi connectivity index (χ1) is 15.6. The summed E-state index contributed by atoms with van der Waals surface area (Å²) < 4.78 is 18.2. The van der Waals surface area contributed by atoms with E-state index in [-0.39, 0.29) is 6.04 Å². The Morgan fingerprint density at radius 1 is 1.28 bits per heavy atom. The van der Waals surface area contributed by atoms with Crippen LogP contribution in [0, 0.1) is 5.92 Å². The molecule has 2 bridgehead atoms. The van der Waals surface area contributed by atoms with Crippen molar-refractivity contribution in [3.63, 3.8) is 0 Å². The molecule has 0 spiro atoms. The lowest BCUT2D eigenvalue weighted by molar-refractivity contribution is -0.00222. The molecule has 2 aromatic heterocycles. The number of aromatic nitrogens is 2. The molecular weight excluding hydrogens is 408 g/mol. The average molecular weight is 437 g/mol. The van der Waals surface area contributed by atoms with E-state index < -0.39 is 6.09 Å². The fourth-order valence-electron chi connectivity index (χ4n) is 5.02. The standard InChI is InChI=1S/C24H28N4O4/c1-27-22(13-21(26-27)23-4-3-11-31-23)20-14-28-10-9-16(20)12-18(28)15-32-24(29)25-17-5-7-19(30-2)8-6-17/h3-8,11,13,16,18,20H,9-10,12,14-15H2,1-2H3,(H,25,29)/t16-,18+,20-/m0/s1. The number of ether oxygens (including phenoxy) is 2. The van der Waals surface area contributed by atoms with Crippen LogP contribution in [0.1, 0.15) is 24.5 Å². The van der Waals surface area contributed by atoms with Gasteiger partial charge in [0.25, 0.3) is 0 Å². The van der Waals surface area contributed by atoms with Crippen molar-refractivity contribution in [3.05, 3.63) is 54.4 Å². The maximum absolute atomic E-state index is 12.3. The van der Waals surface area contributed by atoms with Gasteiger partial charge in [-0.25, -0.2) is 4.79 Å². The summed E-state index contributed by atoms with van der Waals surface area (Å²) in [5.74, 6) is 2.52. The van der Waals surface area contributed by atoms with Gasteiger partial charge in [0, 0.05) is 36.9 Å². The number of anilines is 1. The van der Waals surface area contributed by atoms with Gasteiger partial charge < -0.3 is 13.9 Å². The molecule has 1 unspecified atom stereocenters. The Kier molecular flexibility index (Phi) is 5.61. The van der Waals surface area contributed by atoms with E-state index in [1.165, 1.54) is 5.69 Å². The van der Waals surface area contributed by atoms with Crippen molar-refractivity contribution in [1.82, 2.24) is 14.7 Å². The number of carbonyl (C=O) groups is 1. The Morgan fingerprint density at radius 3 is 2.81 bits per heavy atom. The van der Waals surface area contributed by atoms with E-state index >= 15 is 0 Å². The first-order valence-electron chi connectivity index (χ1n) is 11.0. The topological polar surface area (TPSA) is 81.8 Å². The molecule has 3 aliphatic heterocycles. The molecule has 3 aromatic rings. The number of carbonyl (C=O) groups excluding carboxylic acids is 1. The van der Waals surface area contributed by atoms with Crippen LogP contribution in [-0.2, 0) is 11.8 Å². The molecule has 8 heteroatoms. The molecular formula is C24H28N4O4. The SMILES string of the molecule is COc1ccc(NC(=O)OC[C@H]2C[C@@H]3CCN2C[C@@H]3c2cc(-c3ccco3)nn2C)cc1. The highest BCUT2D eigenvalue weighted by Gasteiger charge is 2.42. The minimum Gasteiger partial charge on any atom is -0.497 e. The van der Waals surface area contributed by atoms with E-state index in [2.05, 4.69) is 21.4 Å².